The molecule has 0 aromatic rings. The lowest BCUT2D eigenvalue weighted by atomic mass is 10.0. The van der Waals surface area contributed by atoms with Gasteiger partial charge in [0.2, 0.25) is 0 Å². The molecule has 2 nitrogen and oxygen atoms in total. The maximum absolute atomic E-state index is 3.55. The molecule has 0 spiro atoms. The number of nitrogens with one attached hydrogen (secondary N) is 1. The van der Waals surface area contributed by atoms with E-state index in [1.165, 1.54) is 32.5 Å². The average Bonchev–Trinajstić information content (AvgIpc) is 2.41. The van der Waals surface area contributed by atoms with E-state index in [2.05, 4.69) is 37.9 Å². The van der Waals surface area contributed by atoms with Crippen molar-refractivity contribution >= 4 is 0 Å². The fourth-order valence-corrected chi connectivity index (χ4v) is 2.32. The van der Waals surface area contributed by atoms with E-state index in [1.807, 2.05) is 0 Å². The van der Waals surface area contributed by atoms with E-state index in [-0.39, 0.29) is 0 Å². The van der Waals surface area contributed by atoms with Gasteiger partial charge in [-0.05, 0) is 38.8 Å². The van der Waals surface area contributed by atoms with E-state index >= 15 is 0 Å². The monoisotopic (exact) mass is 198 g/mol. The van der Waals surface area contributed by atoms with Gasteiger partial charge in [-0.1, -0.05) is 20.8 Å². The second-order valence-corrected chi connectivity index (χ2v) is 4.86. The topological polar surface area (TPSA) is 15.3 Å². The van der Waals surface area contributed by atoms with Crippen molar-refractivity contribution in [1.29, 1.82) is 0 Å². The SMILES string of the molecule is CCC(C)N1CCCNCC1C(C)C. The molecule has 1 heterocycles. The molecule has 2 unspecified atom stereocenters. The summed E-state index contributed by atoms with van der Waals surface area (Å²) >= 11 is 0. The first-order chi connectivity index (χ1) is 6.66. The van der Waals surface area contributed by atoms with Gasteiger partial charge in [-0.25, -0.2) is 0 Å². The highest BCUT2D eigenvalue weighted by atomic mass is 15.2. The number of nitrogens with zero attached hydrogens (tertiary/aromatic N) is 1. The van der Waals surface area contributed by atoms with Crippen LogP contribution in [-0.2, 0) is 0 Å². The average molecular weight is 198 g/mol. The first kappa shape index (κ1) is 12.0. The minimum atomic E-state index is 0.729. The van der Waals surface area contributed by atoms with E-state index < -0.39 is 0 Å². The van der Waals surface area contributed by atoms with Crippen molar-refractivity contribution < 1.29 is 0 Å². The Bertz CT molecular complexity index is 156. The molecule has 1 rings (SSSR count). The summed E-state index contributed by atoms with van der Waals surface area (Å²) in [4.78, 5) is 2.70. The molecule has 1 aliphatic rings. The molecule has 0 aromatic carbocycles. The van der Waals surface area contributed by atoms with Crippen molar-refractivity contribution in [3.05, 3.63) is 0 Å². The highest BCUT2D eigenvalue weighted by Gasteiger charge is 2.26. The van der Waals surface area contributed by atoms with Crippen molar-refractivity contribution in [2.24, 2.45) is 5.92 Å². The van der Waals surface area contributed by atoms with Crippen LogP contribution in [0, 0.1) is 5.92 Å². The Morgan fingerprint density at radius 3 is 2.64 bits per heavy atom. The lowest BCUT2D eigenvalue weighted by Gasteiger charge is -2.37. The minimum absolute atomic E-state index is 0.729. The van der Waals surface area contributed by atoms with Gasteiger partial charge in [0.1, 0.15) is 0 Å². The van der Waals surface area contributed by atoms with Gasteiger partial charge in [0, 0.05) is 18.6 Å². The third kappa shape index (κ3) is 2.96. The molecule has 1 N–H and O–H groups in total. The summed E-state index contributed by atoms with van der Waals surface area (Å²) in [6.45, 7) is 13.0. The molecule has 2 atom stereocenters. The van der Waals surface area contributed by atoms with Gasteiger partial charge < -0.3 is 5.32 Å². The Labute approximate surface area is 89.1 Å². The van der Waals surface area contributed by atoms with Gasteiger partial charge in [0.05, 0.1) is 0 Å². The Balaban J connectivity index is 2.63. The highest BCUT2D eigenvalue weighted by Crippen LogP contribution is 2.17. The number of hydrogen-bond acceptors (Lipinski definition) is 2. The zero-order chi connectivity index (χ0) is 10.6. The Morgan fingerprint density at radius 1 is 1.36 bits per heavy atom. The van der Waals surface area contributed by atoms with Crippen LogP contribution in [0.15, 0.2) is 0 Å². The maximum Gasteiger partial charge on any atom is 0.0246 e. The van der Waals surface area contributed by atoms with Crippen LogP contribution in [0.1, 0.15) is 40.5 Å². The van der Waals surface area contributed by atoms with Crippen molar-refractivity contribution in [2.45, 2.75) is 52.6 Å². The molecule has 0 saturated carbocycles. The Morgan fingerprint density at radius 2 is 2.07 bits per heavy atom. The number of hydrogen-bond donors (Lipinski definition) is 1. The van der Waals surface area contributed by atoms with Gasteiger partial charge in [0.25, 0.3) is 0 Å². The normalized spacial score (nSPS) is 27.6. The molecular formula is C12H26N2. The summed E-state index contributed by atoms with van der Waals surface area (Å²) in [6.07, 6.45) is 2.57. The fraction of sp³-hybridized carbons (Fsp3) is 1.00. The Kier molecular flexibility index (Phi) is 4.90. The molecule has 14 heavy (non-hydrogen) atoms. The van der Waals surface area contributed by atoms with E-state index in [9.17, 15) is 0 Å². The quantitative estimate of drug-likeness (QED) is 0.747. The molecule has 0 aromatic heterocycles. The van der Waals surface area contributed by atoms with E-state index in [0.29, 0.717) is 0 Å². The van der Waals surface area contributed by atoms with Crippen LogP contribution in [0.3, 0.4) is 0 Å². The molecule has 0 bridgehead atoms. The molecule has 0 amide bonds. The first-order valence-corrected chi connectivity index (χ1v) is 6.13. The second kappa shape index (κ2) is 5.72. The summed E-state index contributed by atoms with van der Waals surface area (Å²) in [5, 5.41) is 3.55. The predicted octanol–water partition coefficient (Wildman–Crippen LogP) is 2.10. The summed E-state index contributed by atoms with van der Waals surface area (Å²) in [5.41, 5.74) is 0. The minimum Gasteiger partial charge on any atom is -0.315 e. The molecular weight excluding hydrogens is 172 g/mol. The van der Waals surface area contributed by atoms with Crippen LogP contribution in [0.5, 0.6) is 0 Å². The van der Waals surface area contributed by atoms with Crippen molar-refractivity contribution in [2.75, 3.05) is 19.6 Å². The largest absolute Gasteiger partial charge is 0.315 e. The van der Waals surface area contributed by atoms with Crippen LogP contribution >= 0.6 is 0 Å². The smallest absolute Gasteiger partial charge is 0.0246 e. The first-order valence-electron chi connectivity index (χ1n) is 6.13. The summed E-state index contributed by atoms with van der Waals surface area (Å²) in [6, 6.07) is 1.47. The molecule has 2 heteroatoms. The zero-order valence-corrected chi connectivity index (χ0v) is 10.2. The van der Waals surface area contributed by atoms with Crippen LogP contribution in [0.2, 0.25) is 0 Å². The molecule has 84 valence electrons. The van der Waals surface area contributed by atoms with Gasteiger partial charge >= 0.3 is 0 Å². The van der Waals surface area contributed by atoms with Crippen LogP contribution in [0.25, 0.3) is 0 Å². The third-order valence-electron chi connectivity index (χ3n) is 3.48. The van der Waals surface area contributed by atoms with E-state index in [1.54, 1.807) is 0 Å². The third-order valence-corrected chi connectivity index (χ3v) is 3.48. The van der Waals surface area contributed by atoms with Gasteiger partial charge in [0.15, 0.2) is 0 Å². The lowest BCUT2D eigenvalue weighted by Crippen LogP contribution is -2.47. The molecule has 1 saturated heterocycles. The molecule has 1 fully saturated rings. The van der Waals surface area contributed by atoms with Gasteiger partial charge in [-0.15, -0.1) is 0 Å². The zero-order valence-electron chi connectivity index (χ0n) is 10.2. The van der Waals surface area contributed by atoms with Gasteiger partial charge in [-0.2, -0.15) is 0 Å². The lowest BCUT2D eigenvalue weighted by molar-refractivity contribution is 0.117. The van der Waals surface area contributed by atoms with Crippen molar-refractivity contribution in [3.63, 3.8) is 0 Å². The molecule has 0 radical (unpaired) electrons. The van der Waals surface area contributed by atoms with E-state index in [4.69, 9.17) is 0 Å². The predicted molar refractivity (Wildman–Crippen MR) is 62.6 cm³/mol. The van der Waals surface area contributed by atoms with Crippen LogP contribution in [-0.4, -0.2) is 36.6 Å². The standard InChI is InChI=1S/C12H26N2/c1-5-11(4)14-8-6-7-13-9-12(14)10(2)3/h10-13H,5-9H2,1-4H3. The van der Waals surface area contributed by atoms with Crippen molar-refractivity contribution in [1.82, 2.24) is 10.2 Å². The fourth-order valence-electron chi connectivity index (χ4n) is 2.32. The summed E-state index contributed by atoms with van der Waals surface area (Å²) < 4.78 is 0. The summed E-state index contributed by atoms with van der Waals surface area (Å²) in [7, 11) is 0. The van der Waals surface area contributed by atoms with Gasteiger partial charge in [-0.3, -0.25) is 4.90 Å². The second-order valence-electron chi connectivity index (χ2n) is 4.86. The highest BCUT2D eigenvalue weighted by molar-refractivity contribution is 4.83. The van der Waals surface area contributed by atoms with Crippen LogP contribution < -0.4 is 5.32 Å². The molecule has 0 aliphatic carbocycles. The van der Waals surface area contributed by atoms with Crippen molar-refractivity contribution in [3.8, 4) is 0 Å². The molecule has 1 aliphatic heterocycles. The maximum atomic E-state index is 3.55. The van der Waals surface area contributed by atoms with Crippen LogP contribution in [0.4, 0.5) is 0 Å². The van der Waals surface area contributed by atoms with E-state index in [0.717, 1.165) is 18.0 Å². The Hall–Kier alpha value is -0.0800. The summed E-state index contributed by atoms with van der Waals surface area (Å²) in [5.74, 6) is 0.759. The number of rotatable bonds is 3.